The molecular weight excluding hydrogens is 288 g/mol. The highest BCUT2D eigenvalue weighted by Crippen LogP contribution is 2.42. The number of likely N-dealkylation sites (tertiary alicyclic amines) is 1. The number of hydrogen-bond donors (Lipinski definition) is 0. The summed E-state index contributed by atoms with van der Waals surface area (Å²) in [6.45, 7) is 1.47. The van der Waals surface area contributed by atoms with Crippen LogP contribution < -0.4 is 4.90 Å². The van der Waals surface area contributed by atoms with Crippen molar-refractivity contribution in [2.45, 2.75) is 38.0 Å². The van der Waals surface area contributed by atoms with Crippen LogP contribution in [0.5, 0.6) is 0 Å². The van der Waals surface area contributed by atoms with Crippen molar-refractivity contribution in [3.8, 4) is 6.07 Å². The Hall–Kier alpha value is -2.09. The Morgan fingerprint density at radius 1 is 1.35 bits per heavy atom. The lowest BCUT2D eigenvalue weighted by atomic mass is 9.68. The SMILES string of the molecule is CN(C)c1cccc(C2CCN(C(=O)C3(C#N)CCC3)CC2)n1. The van der Waals surface area contributed by atoms with E-state index in [1.165, 1.54) is 0 Å². The van der Waals surface area contributed by atoms with E-state index in [-0.39, 0.29) is 5.91 Å². The smallest absolute Gasteiger partial charge is 0.243 e. The topological polar surface area (TPSA) is 60.2 Å². The molecule has 1 saturated carbocycles. The number of amides is 1. The molecule has 0 unspecified atom stereocenters. The van der Waals surface area contributed by atoms with Crippen molar-refractivity contribution < 1.29 is 4.79 Å². The zero-order chi connectivity index (χ0) is 16.4. The van der Waals surface area contributed by atoms with Gasteiger partial charge in [0.2, 0.25) is 5.91 Å². The summed E-state index contributed by atoms with van der Waals surface area (Å²) in [7, 11) is 3.99. The quantitative estimate of drug-likeness (QED) is 0.860. The van der Waals surface area contributed by atoms with Gasteiger partial charge in [-0.3, -0.25) is 4.79 Å². The zero-order valence-electron chi connectivity index (χ0n) is 14.0. The second kappa shape index (κ2) is 6.19. The fourth-order valence-electron chi connectivity index (χ4n) is 3.50. The Balaban J connectivity index is 1.64. The molecule has 0 spiro atoms. The molecule has 2 fully saturated rings. The maximum Gasteiger partial charge on any atom is 0.243 e. The van der Waals surface area contributed by atoms with E-state index in [9.17, 15) is 10.1 Å². The third-order valence-electron chi connectivity index (χ3n) is 5.25. The van der Waals surface area contributed by atoms with Gasteiger partial charge >= 0.3 is 0 Å². The van der Waals surface area contributed by atoms with Crippen molar-refractivity contribution in [2.24, 2.45) is 5.41 Å². The van der Waals surface area contributed by atoms with E-state index in [1.807, 2.05) is 36.0 Å². The number of anilines is 1. The lowest BCUT2D eigenvalue weighted by Gasteiger charge is -2.40. The maximum absolute atomic E-state index is 12.6. The first-order valence-electron chi connectivity index (χ1n) is 8.41. The van der Waals surface area contributed by atoms with Gasteiger partial charge in [-0.05, 0) is 44.2 Å². The largest absolute Gasteiger partial charge is 0.363 e. The van der Waals surface area contributed by atoms with Gasteiger partial charge in [0.25, 0.3) is 0 Å². The average Bonchev–Trinajstić information content (AvgIpc) is 2.54. The highest BCUT2D eigenvalue weighted by Gasteiger charge is 2.47. The fourth-order valence-corrected chi connectivity index (χ4v) is 3.50. The molecule has 1 aliphatic heterocycles. The van der Waals surface area contributed by atoms with Gasteiger partial charge in [-0.15, -0.1) is 0 Å². The van der Waals surface area contributed by atoms with Crippen LogP contribution in [0.15, 0.2) is 18.2 Å². The van der Waals surface area contributed by atoms with Crippen LogP contribution in [0.25, 0.3) is 0 Å². The van der Waals surface area contributed by atoms with Gasteiger partial charge in [0.15, 0.2) is 0 Å². The molecule has 0 aromatic carbocycles. The molecule has 122 valence electrons. The molecule has 1 saturated heterocycles. The van der Waals surface area contributed by atoms with E-state index >= 15 is 0 Å². The van der Waals surface area contributed by atoms with Gasteiger partial charge in [-0.2, -0.15) is 5.26 Å². The molecule has 1 aromatic rings. The Morgan fingerprint density at radius 2 is 2.04 bits per heavy atom. The molecular formula is C18H24N4O. The lowest BCUT2D eigenvalue weighted by Crippen LogP contribution is -2.49. The molecule has 0 bridgehead atoms. The number of piperidine rings is 1. The summed E-state index contributed by atoms with van der Waals surface area (Å²) in [6, 6.07) is 8.41. The minimum Gasteiger partial charge on any atom is -0.363 e. The van der Waals surface area contributed by atoms with E-state index in [0.717, 1.165) is 56.7 Å². The van der Waals surface area contributed by atoms with Gasteiger partial charge < -0.3 is 9.80 Å². The average molecular weight is 312 g/mol. The number of pyridine rings is 1. The molecule has 3 rings (SSSR count). The second-order valence-electron chi connectivity index (χ2n) is 6.93. The predicted molar refractivity (Wildman–Crippen MR) is 89.0 cm³/mol. The molecule has 1 aromatic heterocycles. The molecule has 0 atom stereocenters. The van der Waals surface area contributed by atoms with Crippen molar-refractivity contribution in [1.29, 1.82) is 5.26 Å². The van der Waals surface area contributed by atoms with Crippen molar-refractivity contribution in [1.82, 2.24) is 9.88 Å². The second-order valence-corrected chi connectivity index (χ2v) is 6.93. The first kappa shape index (κ1) is 15.8. The van der Waals surface area contributed by atoms with Crippen LogP contribution in [0.4, 0.5) is 5.82 Å². The zero-order valence-corrected chi connectivity index (χ0v) is 14.0. The van der Waals surface area contributed by atoms with Gasteiger partial charge in [0.05, 0.1) is 6.07 Å². The van der Waals surface area contributed by atoms with Crippen molar-refractivity contribution in [2.75, 3.05) is 32.1 Å². The number of rotatable bonds is 3. The van der Waals surface area contributed by atoms with E-state index in [1.54, 1.807) is 0 Å². The summed E-state index contributed by atoms with van der Waals surface area (Å²) < 4.78 is 0. The van der Waals surface area contributed by atoms with Crippen molar-refractivity contribution >= 4 is 11.7 Å². The molecule has 23 heavy (non-hydrogen) atoms. The number of nitrogens with zero attached hydrogens (tertiary/aromatic N) is 4. The Bertz CT molecular complexity index is 622. The maximum atomic E-state index is 12.6. The number of carbonyl (C=O) groups is 1. The molecule has 2 aliphatic rings. The van der Waals surface area contributed by atoms with Crippen molar-refractivity contribution in [3.05, 3.63) is 23.9 Å². The lowest BCUT2D eigenvalue weighted by molar-refractivity contribution is -0.144. The van der Waals surface area contributed by atoms with Crippen LogP contribution in [-0.2, 0) is 4.79 Å². The van der Waals surface area contributed by atoms with E-state index in [0.29, 0.717) is 5.92 Å². The highest BCUT2D eigenvalue weighted by atomic mass is 16.2. The molecule has 0 radical (unpaired) electrons. The number of carbonyl (C=O) groups excluding carboxylic acids is 1. The Kier molecular flexibility index (Phi) is 4.25. The van der Waals surface area contributed by atoms with Crippen LogP contribution in [0.1, 0.15) is 43.7 Å². The highest BCUT2D eigenvalue weighted by molar-refractivity contribution is 5.86. The molecule has 2 heterocycles. The number of hydrogen-bond acceptors (Lipinski definition) is 4. The first-order valence-corrected chi connectivity index (χ1v) is 8.41. The van der Waals surface area contributed by atoms with E-state index < -0.39 is 5.41 Å². The van der Waals surface area contributed by atoms with Crippen LogP contribution in [0.2, 0.25) is 0 Å². The van der Waals surface area contributed by atoms with Gasteiger partial charge in [-0.25, -0.2) is 4.98 Å². The summed E-state index contributed by atoms with van der Waals surface area (Å²) in [5, 5.41) is 9.34. The first-order chi connectivity index (χ1) is 11.1. The minimum atomic E-state index is -0.712. The Labute approximate surface area is 137 Å². The normalized spacial score (nSPS) is 20.5. The minimum absolute atomic E-state index is 0.0553. The van der Waals surface area contributed by atoms with Gasteiger partial charge in [-0.1, -0.05) is 6.07 Å². The fraction of sp³-hybridized carbons (Fsp3) is 0.611. The molecule has 0 N–H and O–H groups in total. The molecule has 5 nitrogen and oxygen atoms in total. The van der Waals surface area contributed by atoms with Crippen LogP contribution in [-0.4, -0.2) is 43.0 Å². The summed E-state index contributed by atoms with van der Waals surface area (Å²) in [5.74, 6) is 1.43. The molecule has 5 heteroatoms. The standard InChI is InChI=1S/C18H24N4O/c1-21(2)16-6-3-5-15(20-16)14-7-11-22(12-8-14)17(23)18(13-19)9-4-10-18/h3,5-6,14H,4,7-12H2,1-2H3. The predicted octanol–water partition coefficient (Wildman–Crippen LogP) is 2.55. The summed E-state index contributed by atoms with van der Waals surface area (Å²) in [4.78, 5) is 21.2. The van der Waals surface area contributed by atoms with E-state index in [2.05, 4.69) is 12.1 Å². The third-order valence-corrected chi connectivity index (χ3v) is 5.25. The number of aromatic nitrogens is 1. The molecule has 1 aliphatic carbocycles. The summed E-state index contributed by atoms with van der Waals surface area (Å²) in [5.41, 5.74) is 0.401. The number of nitriles is 1. The monoisotopic (exact) mass is 312 g/mol. The van der Waals surface area contributed by atoms with Crippen molar-refractivity contribution in [3.63, 3.8) is 0 Å². The van der Waals surface area contributed by atoms with Gasteiger partial charge in [0, 0.05) is 38.8 Å². The Morgan fingerprint density at radius 3 is 2.57 bits per heavy atom. The third kappa shape index (κ3) is 2.90. The molecule has 1 amide bonds. The van der Waals surface area contributed by atoms with Gasteiger partial charge in [0.1, 0.15) is 11.2 Å². The summed E-state index contributed by atoms with van der Waals surface area (Å²) in [6.07, 6.45) is 4.31. The van der Waals surface area contributed by atoms with Crippen LogP contribution in [0.3, 0.4) is 0 Å². The summed E-state index contributed by atoms with van der Waals surface area (Å²) >= 11 is 0. The van der Waals surface area contributed by atoms with Crippen LogP contribution >= 0.6 is 0 Å². The van der Waals surface area contributed by atoms with Crippen LogP contribution in [0, 0.1) is 16.7 Å². The van der Waals surface area contributed by atoms with E-state index in [4.69, 9.17) is 4.98 Å².